The molecule has 5 nitrogen and oxygen atoms in total. The molecule has 0 aliphatic heterocycles. The average Bonchev–Trinajstić information content (AvgIpc) is 2.88. The third-order valence-electron chi connectivity index (χ3n) is 2.50. The molecule has 0 unspecified atom stereocenters. The lowest BCUT2D eigenvalue weighted by atomic mass is 10.2. The van der Waals surface area contributed by atoms with Gasteiger partial charge in [0.25, 0.3) is 0 Å². The van der Waals surface area contributed by atoms with Crippen molar-refractivity contribution in [3.05, 3.63) is 30.3 Å². The van der Waals surface area contributed by atoms with Crippen LogP contribution in [0.25, 0.3) is 10.9 Å². The van der Waals surface area contributed by atoms with Crippen LogP contribution < -0.4 is 5.32 Å². The van der Waals surface area contributed by atoms with E-state index in [1.54, 1.807) is 12.1 Å². The quantitative estimate of drug-likeness (QED) is 0.747. The Morgan fingerprint density at radius 1 is 1.30 bits per heavy atom. The fraction of sp³-hybridized carbons (Fsp3) is 0.167. The van der Waals surface area contributed by atoms with Crippen LogP contribution in [0.2, 0.25) is 0 Å². The first-order valence-electron chi connectivity index (χ1n) is 5.92. The molecule has 0 saturated heterocycles. The summed E-state index contributed by atoms with van der Waals surface area (Å²) in [5.41, 5.74) is 0.321. The highest BCUT2D eigenvalue weighted by molar-refractivity contribution is 8.01. The van der Waals surface area contributed by atoms with Crippen LogP contribution in [0.3, 0.4) is 0 Å². The molecule has 0 atom stereocenters. The molecule has 0 aliphatic rings. The van der Waals surface area contributed by atoms with Crippen molar-refractivity contribution in [3.8, 4) is 0 Å². The summed E-state index contributed by atoms with van der Waals surface area (Å²) in [5.74, 6) is -0.350. The van der Waals surface area contributed by atoms with Gasteiger partial charge < -0.3 is 5.32 Å². The maximum atomic E-state index is 13.7. The van der Waals surface area contributed by atoms with Gasteiger partial charge in [0.05, 0.1) is 0 Å². The number of hydrogen-bond donors (Lipinski definition) is 1. The Morgan fingerprint density at radius 2 is 2.20 bits per heavy atom. The largest absolute Gasteiger partial charge is 0.360 e. The molecule has 3 rings (SSSR count). The lowest BCUT2D eigenvalue weighted by molar-refractivity contribution is 0.636. The van der Waals surface area contributed by atoms with Crippen molar-refractivity contribution in [1.82, 2.24) is 20.2 Å². The molecule has 0 aliphatic carbocycles. The number of para-hydroxylation sites is 1. The van der Waals surface area contributed by atoms with Crippen molar-refractivity contribution in [2.75, 3.05) is 11.9 Å². The summed E-state index contributed by atoms with van der Waals surface area (Å²) in [5, 5.41) is 13.3. The van der Waals surface area contributed by atoms with Gasteiger partial charge in [-0.05, 0) is 30.8 Å². The molecule has 1 aromatic carbocycles. The Labute approximate surface area is 122 Å². The lowest BCUT2D eigenvalue weighted by Gasteiger charge is -2.02. The first kappa shape index (κ1) is 13.2. The normalized spacial score (nSPS) is 10.9. The summed E-state index contributed by atoms with van der Waals surface area (Å²) >= 11 is 2.80. The Balaban J connectivity index is 1.96. The van der Waals surface area contributed by atoms with Crippen LogP contribution in [-0.4, -0.2) is 26.7 Å². The number of fused-ring (bicyclic) bond motifs is 1. The Bertz CT molecular complexity index is 746. The standard InChI is InChI=1S/C12H10FN5S2/c1-2-14-11-17-18-12(20-11)19-10-7-4-3-5-8(13)9(7)15-6-16-10/h3-6H,2H2,1H3,(H,14,17). The third-order valence-corrected chi connectivity index (χ3v) is 4.45. The fourth-order valence-corrected chi connectivity index (χ4v) is 3.47. The van der Waals surface area contributed by atoms with E-state index in [9.17, 15) is 4.39 Å². The van der Waals surface area contributed by atoms with E-state index in [1.165, 1.54) is 35.5 Å². The van der Waals surface area contributed by atoms with Crippen LogP contribution >= 0.6 is 23.1 Å². The van der Waals surface area contributed by atoms with Crippen LogP contribution in [0.5, 0.6) is 0 Å². The summed E-state index contributed by atoms with van der Waals surface area (Å²) in [7, 11) is 0. The zero-order chi connectivity index (χ0) is 13.9. The molecule has 0 bridgehead atoms. The smallest absolute Gasteiger partial charge is 0.206 e. The molecule has 0 radical (unpaired) electrons. The van der Waals surface area contributed by atoms with Gasteiger partial charge in [0.15, 0.2) is 4.34 Å². The molecule has 20 heavy (non-hydrogen) atoms. The summed E-state index contributed by atoms with van der Waals surface area (Å²) in [6.45, 7) is 2.79. The van der Waals surface area contributed by atoms with Gasteiger partial charge in [0, 0.05) is 11.9 Å². The number of aromatic nitrogens is 4. The summed E-state index contributed by atoms with van der Waals surface area (Å²) in [6.07, 6.45) is 1.36. The summed E-state index contributed by atoms with van der Waals surface area (Å²) in [6, 6.07) is 4.83. The highest BCUT2D eigenvalue weighted by atomic mass is 32.2. The monoisotopic (exact) mass is 307 g/mol. The van der Waals surface area contributed by atoms with Crippen molar-refractivity contribution in [1.29, 1.82) is 0 Å². The predicted octanol–water partition coefficient (Wildman–Crippen LogP) is 3.20. The first-order valence-corrected chi connectivity index (χ1v) is 7.55. The topological polar surface area (TPSA) is 63.6 Å². The molecule has 0 amide bonds. The van der Waals surface area contributed by atoms with Crippen molar-refractivity contribution in [3.63, 3.8) is 0 Å². The van der Waals surface area contributed by atoms with Crippen LogP contribution in [0, 0.1) is 5.82 Å². The molecule has 0 saturated carbocycles. The maximum Gasteiger partial charge on any atom is 0.206 e. The Hall–Kier alpha value is -1.80. The van der Waals surface area contributed by atoms with E-state index < -0.39 is 0 Å². The molecule has 3 aromatic rings. The van der Waals surface area contributed by atoms with E-state index in [4.69, 9.17) is 0 Å². The minimum Gasteiger partial charge on any atom is -0.360 e. The van der Waals surface area contributed by atoms with Crippen molar-refractivity contribution >= 4 is 39.1 Å². The highest BCUT2D eigenvalue weighted by Crippen LogP contribution is 2.34. The van der Waals surface area contributed by atoms with E-state index in [2.05, 4.69) is 25.5 Å². The molecule has 0 fully saturated rings. The number of hydrogen-bond acceptors (Lipinski definition) is 7. The Morgan fingerprint density at radius 3 is 3.05 bits per heavy atom. The van der Waals surface area contributed by atoms with E-state index in [1.807, 2.05) is 6.92 Å². The van der Waals surface area contributed by atoms with Gasteiger partial charge in [0.1, 0.15) is 22.7 Å². The number of benzene rings is 1. The number of nitrogens with one attached hydrogen (secondary N) is 1. The van der Waals surface area contributed by atoms with Gasteiger partial charge >= 0.3 is 0 Å². The SMILES string of the molecule is CCNc1nnc(Sc2ncnc3c(F)cccc23)s1. The maximum absolute atomic E-state index is 13.7. The van der Waals surface area contributed by atoms with Crippen molar-refractivity contribution < 1.29 is 4.39 Å². The molecule has 0 spiro atoms. The van der Waals surface area contributed by atoms with E-state index in [0.29, 0.717) is 15.9 Å². The van der Waals surface area contributed by atoms with Gasteiger partial charge in [-0.25, -0.2) is 14.4 Å². The zero-order valence-electron chi connectivity index (χ0n) is 10.5. The number of nitrogens with zero attached hydrogens (tertiary/aromatic N) is 4. The van der Waals surface area contributed by atoms with E-state index in [-0.39, 0.29) is 5.82 Å². The molecular weight excluding hydrogens is 297 g/mol. The summed E-state index contributed by atoms with van der Waals surface area (Å²) in [4.78, 5) is 8.18. The number of halogens is 1. The van der Waals surface area contributed by atoms with Crippen LogP contribution in [0.1, 0.15) is 6.92 Å². The van der Waals surface area contributed by atoms with Crippen molar-refractivity contribution in [2.24, 2.45) is 0 Å². The minimum absolute atomic E-state index is 0.321. The molecule has 1 N–H and O–H groups in total. The van der Waals surface area contributed by atoms with Gasteiger partial charge in [-0.3, -0.25) is 0 Å². The zero-order valence-corrected chi connectivity index (χ0v) is 12.1. The second-order valence-corrected chi connectivity index (χ2v) is 6.03. The minimum atomic E-state index is -0.350. The van der Waals surface area contributed by atoms with Gasteiger partial charge in [0.2, 0.25) is 5.13 Å². The molecule has 102 valence electrons. The fourth-order valence-electron chi connectivity index (χ4n) is 1.67. The summed E-state index contributed by atoms with van der Waals surface area (Å²) < 4.78 is 14.4. The Kier molecular flexibility index (Phi) is 3.75. The van der Waals surface area contributed by atoms with E-state index in [0.717, 1.165) is 16.0 Å². The molecule has 2 heterocycles. The third kappa shape index (κ3) is 2.56. The molecule has 2 aromatic heterocycles. The molecular formula is C12H10FN5S2. The first-order chi connectivity index (χ1) is 9.78. The van der Waals surface area contributed by atoms with Crippen LogP contribution in [-0.2, 0) is 0 Å². The highest BCUT2D eigenvalue weighted by Gasteiger charge is 2.11. The number of anilines is 1. The van der Waals surface area contributed by atoms with Crippen LogP contribution in [0.15, 0.2) is 33.9 Å². The van der Waals surface area contributed by atoms with Gasteiger partial charge in [-0.2, -0.15) is 0 Å². The van der Waals surface area contributed by atoms with E-state index >= 15 is 0 Å². The van der Waals surface area contributed by atoms with Gasteiger partial charge in [-0.1, -0.05) is 17.4 Å². The number of rotatable bonds is 4. The molecule has 8 heteroatoms. The average molecular weight is 307 g/mol. The predicted molar refractivity (Wildman–Crippen MR) is 77.7 cm³/mol. The lowest BCUT2D eigenvalue weighted by Crippen LogP contribution is -1.94. The van der Waals surface area contributed by atoms with Crippen molar-refractivity contribution in [2.45, 2.75) is 16.3 Å². The second kappa shape index (κ2) is 5.68. The van der Waals surface area contributed by atoms with Gasteiger partial charge in [-0.15, -0.1) is 10.2 Å². The van der Waals surface area contributed by atoms with Crippen LogP contribution in [0.4, 0.5) is 9.52 Å². The second-order valence-electron chi connectivity index (χ2n) is 3.82.